The van der Waals surface area contributed by atoms with Gasteiger partial charge in [-0.15, -0.1) is 10.2 Å². The number of nitrogens with zero attached hydrogens (tertiary/aromatic N) is 2. The summed E-state index contributed by atoms with van der Waals surface area (Å²) in [6, 6.07) is 8.91. The maximum Gasteiger partial charge on any atom is 0.183 e. The molecule has 1 aromatic carbocycles. The van der Waals surface area contributed by atoms with E-state index in [1.54, 1.807) is 11.3 Å². The van der Waals surface area contributed by atoms with Crippen molar-refractivity contribution in [2.24, 2.45) is 0 Å². The van der Waals surface area contributed by atoms with Crippen LogP contribution < -0.4 is 5.32 Å². The zero-order chi connectivity index (χ0) is 13.0. The molecule has 0 atom stereocenters. The number of anilines is 1. The van der Waals surface area contributed by atoms with Crippen molar-refractivity contribution in [2.45, 2.75) is 32.7 Å². The summed E-state index contributed by atoms with van der Waals surface area (Å²) in [6.07, 6.45) is 2.28. The van der Waals surface area contributed by atoms with Gasteiger partial charge in [0.05, 0.1) is 0 Å². The topological polar surface area (TPSA) is 37.8 Å². The molecule has 2 aromatic rings. The largest absolute Gasteiger partial charge is 0.382 e. The first-order chi connectivity index (χ1) is 8.72. The van der Waals surface area contributed by atoms with E-state index in [2.05, 4.69) is 69.6 Å². The minimum Gasteiger partial charge on any atom is -0.382 e. The molecule has 0 saturated carbocycles. The zero-order valence-corrected chi connectivity index (χ0v) is 12.9. The first kappa shape index (κ1) is 13.5. The van der Waals surface area contributed by atoms with Crippen LogP contribution in [-0.2, 0) is 0 Å². The van der Waals surface area contributed by atoms with Gasteiger partial charge in [-0.05, 0) is 53.0 Å². The first-order valence-corrected chi connectivity index (χ1v) is 7.69. The molecular formula is C13H16BrN3S. The minimum atomic E-state index is 0.548. The van der Waals surface area contributed by atoms with Crippen LogP contribution in [0, 0.1) is 0 Å². The molecule has 0 aliphatic heterocycles. The van der Waals surface area contributed by atoms with Gasteiger partial charge in [0.1, 0.15) is 5.01 Å². The fourth-order valence-electron chi connectivity index (χ4n) is 1.76. The zero-order valence-electron chi connectivity index (χ0n) is 10.5. The Kier molecular flexibility index (Phi) is 4.72. The summed E-state index contributed by atoms with van der Waals surface area (Å²) in [5.41, 5.74) is 2.27. The summed E-state index contributed by atoms with van der Waals surface area (Å²) >= 11 is 4.87. The fourth-order valence-corrected chi connectivity index (χ4v) is 2.88. The van der Waals surface area contributed by atoms with Gasteiger partial charge in [0, 0.05) is 17.3 Å². The summed E-state index contributed by atoms with van der Waals surface area (Å²) in [5.74, 6) is 0. The highest BCUT2D eigenvalue weighted by molar-refractivity contribution is 9.11. The smallest absolute Gasteiger partial charge is 0.183 e. The van der Waals surface area contributed by atoms with Gasteiger partial charge in [-0.2, -0.15) is 0 Å². The Morgan fingerprint density at radius 1 is 1.17 bits per heavy atom. The van der Waals surface area contributed by atoms with Crippen molar-refractivity contribution in [3.05, 3.63) is 28.2 Å². The van der Waals surface area contributed by atoms with Crippen molar-refractivity contribution in [2.75, 3.05) is 5.32 Å². The lowest BCUT2D eigenvalue weighted by molar-refractivity contribution is 0.672. The standard InChI is InChI=1S/C13H16BrN3S/c1-3-10(4-2)15-11-7-5-9(6-8-11)12-16-17-13(14)18-12/h5-8,10,15H,3-4H2,1-2H3. The van der Waals surface area contributed by atoms with Crippen LogP contribution in [0.3, 0.4) is 0 Å². The molecule has 0 unspecified atom stereocenters. The Hall–Kier alpha value is -0.940. The van der Waals surface area contributed by atoms with Crippen molar-refractivity contribution in [1.82, 2.24) is 10.2 Å². The number of halogens is 1. The second-order valence-electron chi connectivity index (χ2n) is 4.10. The third kappa shape index (κ3) is 3.29. The lowest BCUT2D eigenvalue weighted by atomic mass is 10.1. The maximum absolute atomic E-state index is 4.11. The van der Waals surface area contributed by atoms with Crippen LogP contribution in [0.4, 0.5) is 5.69 Å². The quantitative estimate of drug-likeness (QED) is 0.875. The van der Waals surface area contributed by atoms with Crippen LogP contribution >= 0.6 is 27.3 Å². The monoisotopic (exact) mass is 325 g/mol. The van der Waals surface area contributed by atoms with Crippen molar-refractivity contribution in [3.63, 3.8) is 0 Å². The van der Waals surface area contributed by atoms with E-state index in [0.717, 1.165) is 33.0 Å². The average Bonchev–Trinajstić information content (AvgIpc) is 2.83. The van der Waals surface area contributed by atoms with Gasteiger partial charge in [-0.25, -0.2) is 0 Å². The molecule has 0 bridgehead atoms. The molecule has 96 valence electrons. The summed E-state index contributed by atoms with van der Waals surface area (Å²) in [5, 5.41) is 12.5. The minimum absolute atomic E-state index is 0.548. The molecule has 0 radical (unpaired) electrons. The van der Waals surface area contributed by atoms with Gasteiger partial charge in [-0.1, -0.05) is 25.2 Å². The maximum atomic E-state index is 4.11. The summed E-state index contributed by atoms with van der Waals surface area (Å²) in [6.45, 7) is 4.41. The molecule has 0 saturated heterocycles. The van der Waals surface area contributed by atoms with E-state index in [4.69, 9.17) is 0 Å². The van der Waals surface area contributed by atoms with Crippen molar-refractivity contribution in [3.8, 4) is 10.6 Å². The highest BCUT2D eigenvalue weighted by atomic mass is 79.9. The van der Waals surface area contributed by atoms with E-state index in [9.17, 15) is 0 Å². The van der Waals surface area contributed by atoms with E-state index < -0.39 is 0 Å². The van der Waals surface area contributed by atoms with Crippen LogP contribution in [0.25, 0.3) is 10.6 Å². The third-order valence-corrected chi connectivity index (χ3v) is 4.29. The SMILES string of the molecule is CCC(CC)Nc1ccc(-c2nnc(Br)s2)cc1. The molecule has 0 amide bonds. The van der Waals surface area contributed by atoms with E-state index in [-0.39, 0.29) is 0 Å². The van der Waals surface area contributed by atoms with Crippen molar-refractivity contribution < 1.29 is 0 Å². The Morgan fingerprint density at radius 3 is 2.33 bits per heavy atom. The van der Waals surface area contributed by atoms with Gasteiger partial charge in [0.25, 0.3) is 0 Å². The predicted molar refractivity (Wildman–Crippen MR) is 81.0 cm³/mol. The lowest BCUT2D eigenvalue weighted by Gasteiger charge is -2.16. The third-order valence-electron chi connectivity index (χ3n) is 2.89. The molecule has 0 aliphatic rings. The highest BCUT2D eigenvalue weighted by Crippen LogP contribution is 2.27. The number of hydrogen-bond donors (Lipinski definition) is 1. The number of hydrogen-bond acceptors (Lipinski definition) is 4. The number of aromatic nitrogens is 2. The van der Waals surface area contributed by atoms with Gasteiger partial charge in [0.15, 0.2) is 3.92 Å². The number of benzene rings is 1. The van der Waals surface area contributed by atoms with Gasteiger partial charge >= 0.3 is 0 Å². The van der Waals surface area contributed by atoms with Crippen LogP contribution in [-0.4, -0.2) is 16.2 Å². The lowest BCUT2D eigenvalue weighted by Crippen LogP contribution is -2.16. The second-order valence-corrected chi connectivity index (χ2v) is 6.35. The molecule has 0 spiro atoms. The molecule has 1 N–H and O–H groups in total. The molecule has 3 nitrogen and oxygen atoms in total. The molecular weight excluding hydrogens is 310 g/mol. The Bertz CT molecular complexity index is 491. The number of nitrogens with one attached hydrogen (secondary N) is 1. The summed E-state index contributed by atoms with van der Waals surface area (Å²) in [7, 11) is 0. The Balaban J connectivity index is 2.10. The van der Waals surface area contributed by atoms with E-state index in [1.807, 2.05) is 0 Å². The van der Waals surface area contributed by atoms with Crippen LogP contribution in [0.5, 0.6) is 0 Å². The highest BCUT2D eigenvalue weighted by Gasteiger charge is 2.06. The second kappa shape index (κ2) is 6.29. The molecule has 18 heavy (non-hydrogen) atoms. The van der Waals surface area contributed by atoms with E-state index >= 15 is 0 Å². The molecule has 1 aromatic heterocycles. The summed E-state index contributed by atoms with van der Waals surface area (Å²) < 4.78 is 0.816. The summed E-state index contributed by atoms with van der Waals surface area (Å²) in [4.78, 5) is 0. The normalized spacial score (nSPS) is 10.9. The molecule has 0 fully saturated rings. The van der Waals surface area contributed by atoms with Gasteiger partial charge in [0.2, 0.25) is 0 Å². The molecule has 0 aliphatic carbocycles. The van der Waals surface area contributed by atoms with Crippen molar-refractivity contribution in [1.29, 1.82) is 0 Å². The van der Waals surface area contributed by atoms with E-state index in [1.165, 1.54) is 0 Å². The van der Waals surface area contributed by atoms with Crippen molar-refractivity contribution >= 4 is 33.0 Å². The van der Waals surface area contributed by atoms with Crippen LogP contribution in [0.15, 0.2) is 28.2 Å². The molecule has 5 heteroatoms. The average molecular weight is 326 g/mol. The fraction of sp³-hybridized carbons (Fsp3) is 0.385. The van der Waals surface area contributed by atoms with Gasteiger partial charge in [-0.3, -0.25) is 0 Å². The first-order valence-electron chi connectivity index (χ1n) is 6.09. The predicted octanol–water partition coefficient (Wildman–Crippen LogP) is 4.57. The Morgan fingerprint density at radius 2 is 1.83 bits per heavy atom. The van der Waals surface area contributed by atoms with E-state index in [0.29, 0.717) is 6.04 Å². The Labute approximate surface area is 120 Å². The molecule has 1 heterocycles. The van der Waals surface area contributed by atoms with Crippen LogP contribution in [0.2, 0.25) is 0 Å². The van der Waals surface area contributed by atoms with Gasteiger partial charge < -0.3 is 5.32 Å². The van der Waals surface area contributed by atoms with Crippen LogP contribution in [0.1, 0.15) is 26.7 Å². The number of rotatable bonds is 5. The molecule has 2 rings (SSSR count).